The summed E-state index contributed by atoms with van der Waals surface area (Å²) in [5.74, 6) is -2.12. The minimum absolute atomic E-state index is 0.0958. The highest BCUT2D eigenvalue weighted by Gasteiger charge is 2.22. The summed E-state index contributed by atoms with van der Waals surface area (Å²) in [6.45, 7) is -0.388. The van der Waals surface area contributed by atoms with Crippen LogP contribution in [0.25, 0.3) is 11.0 Å². The first-order chi connectivity index (χ1) is 10.5. The fourth-order valence-electron chi connectivity index (χ4n) is 1.96. The van der Waals surface area contributed by atoms with Crippen LogP contribution in [0.1, 0.15) is 5.56 Å². The van der Waals surface area contributed by atoms with Gasteiger partial charge in [0.15, 0.2) is 17.3 Å². The van der Waals surface area contributed by atoms with Crippen molar-refractivity contribution >= 4 is 21.1 Å². The molecule has 0 unspecified atom stereocenters. The lowest BCUT2D eigenvalue weighted by Crippen LogP contribution is -2.24. The number of H-pyrrole nitrogens is 1. The molecule has 9 heteroatoms. The van der Waals surface area contributed by atoms with E-state index in [0.717, 1.165) is 6.07 Å². The molecule has 0 aliphatic rings. The molecule has 114 valence electrons. The van der Waals surface area contributed by atoms with Gasteiger partial charge in [0.2, 0.25) is 5.03 Å². The van der Waals surface area contributed by atoms with E-state index in [9.17, 15) is 17.2 Å². The second-order valence-electron chi connectivity index (χ2n) is 4.47. The van der Waals surface area contributed by atoms with Crippen molar-refractivity contribution in [3.8, 4) is 0 Å². The minimum atomic E-state index is -3.99. The number of nitrogens with zero attached hydrogens (tertiary/aromatic N) is 2. The molecule has 3 aromatic rings. The Kier molecular flexibility index (Phi) is 3.59. The standard InChI is InChI=1S/C13H10F2N4O2S/c14-10-5-1-3-8(11(10)15)7-17-22(20,21)13-9-4-2-6-16-12(9)18-19-13/h1-6,17H,7H2,(H,16,18,19). The van der Waals surface area contributed by atoms with E-state index >= 15 is 0 Å². The van der Waals surface area contributed by atoms with Gasteiger partial charge in [-0.25, -0.2) is 26.9 Å². The molecule has 3 rings (SSSR count). The fraction of sp³-hybridized carbons (Fsp3) is 0.0769. The molecular weight excluding hydrogens is 314 g/mol. The summed E-state index contributed by atoms with van der Waals surface area (Å²) in [4.78, 5) is 3.94. The summed E-state index contributed by atoms with van der Waals surface area (Å²) in [6.07, 6.45) is 1.49. The Balaban J connectivity index is 1.89. The molecule has 0 aliphatic heterocycles. The van der Waals surface area contributed by atoms with Gasteiger partial charge in [0, 0.05) is 18.3 Å². The molecule has 2 heterocycles. The van der Waals surface area contributed by atoms with E-state index < -0.39 is 21.7 Å². The van der Waals surface area contributed by atoms with E-state index in [1.807, 2.05) is 0 Å². The second kappa shape index (κ2) is 5.43. The number of halogens is 2. The van der Waals surface area contributed by atoms with Crippen LogP contribution in [0.15, 0.2) is 41.6 Å². The van der Waals surface area contributed by atoms with Crippen molar-refractivity contribution in [1.29, 1.82) is 0 Å². The van der Waals surface area contributed by atoms with E-state index in [2.05, 4.69) is 19.9 Å². The van der Waals surface area contributed by atoms with Gasteiger partial charge in [-0.1, -0.05) is 12.1 Å². The van der Waals surface area contributed by atoms with Gasteiger partial charge in [-0.2, -0.15) is 5.10 Å². The molecule has 2 N–H and O–H groups in total. The lowest BCUT2D eigenvalue weighted by molar-refractivity contribution is 0.496. The number of rotatable bonds is 4. The Labute approximate surface area is 124 Å². The number of aromatic amines is 1. The summed E-state index contributed by atoms with van der Waals surface area (Å²) in [5.41, 5.74) is 0.223. The number of hydrogen-bond donors (Lipinski definition) is 2. The highest BCUT2D eigenvalue weighted by Crippen LogP contribution is 2.18. The highest BCUT2D eigenvalue weighted by atomic mass is 32.2. The van der Waals surface area contributed by atoms with Crippen molar-refractivity contribution in [3.05, 3.63) is 53.7 Å². The van der Waals surface area contributed by atoms with Crippen LogP contribution in [0.2, 0.25) is 0 Å². The van der Waals surface area contributed by atoms with E-state index in [1.165, 1.54) is 18.3 Å². The first-order valence-electron chi connectivity index (χ1n) is 6.21. The number of aromatic nitrogens is 3. The molecule has 0 fully saturated rings. The predicted molar refractivity (Wildman–Crippen MR) is 74.3 cm³/mol. The monoisotopic (exact) mass is 324 g/mol. The predicted octanol–water partition coefficient (Wildman–Crippen LogP) is 1.71. The zero-order chi connectivity index (χ0) is 15.7. The van der Waals surface area contributed by atoms with Crippen LogP contribution in [-0.4, -0.2) is 23.6 Å². The van der Waals surface area contributed by atoms with Crippen molar-refractivity contribution in [2.24, 2.45) is 0 Å². The van der Waals surface area contributed by atoms with Gasteiger partial charge in [-0.15, -0.1) is 0 Å². The fourth-order valence-corrected chi connectivity index (χ4v) is 3.06. The molecule has 1 aromatic carbocycles. The Bertz CT molecular complexity index is 940. The third kappa shape index (κ3) is 2.55. The van der Waals surface area contributed by atoms with Crippen LogP contribution in [-0.2, 0) is 16.6 Å². The third-order valence-electron chi connectivity index (χ3n) is 3.04. The SMILES string of the molecule is O=S(=O)(NCc1cccc(F)c1F)c1n[nH]c2ncccc12. The molecule has 0 bridgehead atoms. The lowest BCUT2D eigenvalue weighted by atomic mass is 10.2. The molecule has 6 nitrogen and oxygen atoms in total. The van der Waals surface area contributed by atoms with E-state index in [-0.39, 0.29) is 17.1 Å². The number of benzene rings is 1. The number of sulfonamides is 1. The molecule has 2 aromatic heterocycles. The highest BCUT2D eigenvalue weighted by molar-refractivity contribution is 7.89. The normalized spacial score (nSPS) is 11.9. The maximum Gasteiger partial charge on any atom is 0.260 e. The van der Waals surface area contributed by atoms with Crippen LogP contribution in [0.3, 0.4) is 0 Å². The van der Waals surface area contributed by atoms with Crippen LogP contribution in [0.4, 0.5) is 8.78 Å². The Morgan fingerprint density at radius 3 is 2.82 bits per heavy atom. The molecule has 22 heavy (non-hydrogen) atoms. The number of hydrogen-bond acceptors (Lipinski definition) is 4. The van der Waals surface area contributed by atoms with Gasteiger partial charge in [0.05, 0.1) is 5.39 Å². The third-order valence-corrected chi connectivity index (χ3v) is 4.38. The van der Waals surface area contributed by atoms with Gasteiger partial charge in [0.1, 0.15) is 0 Å². The van der Waals surface area contributed by atoms with Crippen LogP contribution >= 0.6 is 0 Å². The van der Waals surface area contributed by atoms with Crippen LogP contribution in [0, 0.1) is 11.6 Å². The number of nitrogens with one attached hydrogen (secondary N) is 2. The van der Waals surface area contributed by atoms with Gasteiger partial charge >= 0.3 is 0 Å². The van der Waals surface area contributed by atoms with E-state index in [4.69, 9.17) is 0 Å². The maximum absolute atomic E-state index is 13.5. The summed E-state index contributed by atoms with van der Waals surface area (Å²) in [7, 11) is -3.99. The van der Waals surface area contributed by atoms with Crippen LogP contribution in [0.5, 0.6) is 0 Å². The van der Waals surface area contributed by atoms with Gasteiger partial charge in [-0.05, 0) is 18.2 Å². The zero-order valence-corrected chi connectivity index (χ0v) is 11.9. The van der Waals surface area contributed by atoms with Crippen LogP contribution < -0.4 is 4.72 Å². The smallest absolute Gasteiger partial charge is 0.259 e. The first-order valence-corrected chi connectivity index (χ1v) is 7.69. The average molecular weight is 324 g/mol. The van der Waals surface area contributed by atoms with Crippen molar-refractivity contribution in [2.75, 3.05) is 0 Å². The van der Waals surface area contributed by atoms with Crippen molar-refractivity contribution in [3.63, 3.8) is 0 Å². The lowest BCUT2D eigenvalue weighted by Gasteiger charge is -2.06. The molecule has 0 saturated carbocycles. The summed E-state index contributed by atoms with van der Waals surface area (Å²) in [6, 6.07) is 6.67. The summed E-state index contributed by atoms with van der Waals surface area (Å²) < 4.78 is 53.3. The van der Waals surface area contributed by atoms with Gasteiger partial charge in [0.25, 0.3) is 10.0 Å². The summed E-state index contributed by atoms with van der Waals surface area (Å²) in [5, 5.41) is 6.28. The van der Waals surface area contributed by atoms with Gasteiger partial charge in [-0.3, -0.25) is 5.10 Å². The topological polar surface area (TPSA) is 87.7 Å². The van der Waals surface area contributed by atoms with Crippen molar-refractivity contribution in [2.45, 2.75) is 11.6 Å². The maximum atomic E-state index is 13.5. The second-order valence-corrected chi connectivity index (χ2v) is 6.15. The van der Waals surface area contributed by atoms with Crippen molar-refractivity contribution < 1.29 is 17.2 Å². The summed E-state index contributed by atoms with van der Waals surface area (Å²) >= 11 is 0. The first kappa shape index (κ1) is 14.5. The zero-order valence-electron chi connectivity index (χ0n) is 11.0. The molecular formula is C13H10F2N4O2S. The quantitative estimate of drug-likeness (QED) is 0.765. The molecule has 0 aliphatic carbocycles. The largest absolute Gasteiger partial charge is 0.260 e. The number of pyridine rings is 1. The van der Waals surface area contributed by atoms with Gasteiger partial charge < -0.3 is 0 Å². The van der Waals surface area contributed by atoms with Crippen molar-refractivity contribution in [1.82, 2.24) is 19.9 Å². The van der Waals surface area contributed by atoms with E-state index in [1.54, 1.807) is 12.1 Å². The Morgan fingerprint density at radius 2 is 2.00 bits per heavy atom. The molecule has 0 spiro atoms. The van der Waals surface area contributed by atoms with E-state index in [0.29, 0.717) is 11.0 Å². The molecule has 0 saturated heterocycles. The molecule has 0 amide bonds. The Hall–Kier alpha value is -2.39. The minimum Gasteiger partial charge on any atom is -0.259 e. The number of fused-ring (bicyclic) bond motifs is 1. The molecule has 0 radical (unpaired) electrons. The average Bonchev–Trinajstić information content (AvgIpc) is 2.93. The Morgan fingerprint density at radius 1 is 1.18 bits per heavy atom. The molecule has 0 atom stereocenters.